The molecule has 7 heteroatoms. The Morgan fingerprint density at radius 2 is 1.87 bits per heavy atom. The van der Waals surface area contributed by atoms with E-state index in [1.54, 1.807) is 18.2 Å². The van der Waals surface area contributed by atoms with Crippen LogP contribution >= 0.6 is 0 Å². The number of sulfonamides is 1. The van der Waals surface area contributed by atoms with E-state index in [1.807, 2.05) is 42.9 Å². The summed E-state index contributed by atoms with van der Waals surface area (Å²) in [6, 6.07) is 8.99. The first-order chi connectivity index (χ1) is 10.7. The minimum atomic E-state index is -3.41. The summed E-state index contributed by atoms with van der Waals surface area (Å²) in [5.74, 6) is -0.173. The van der Waals surface area contributed by atoms with Crippen molar-refractivity contribution in [2.45, 2.75) is 26.3 Å². The number of hydrogen-bond acceptors (Lipinski definition) is 3. The molecule has 2 aromatic rings. The Morgan fingerprint density at radius 3 is 2.48 bits per heavy atom. The van der Waals surface area contributed by atoms with E-state index in [0.717, 1.165) is 11.8 Å². The Labute approximate surface area is 136 Å². The first-order valence-electron chi connectivity index (χ1n) is 7.25. The van der Waals surface area contributed by atoms with Gasteiger partial charge in [0.15, 0.2) is 0 Å². The average molecular weight is 335 g/mol. The second kappa shape index (κ2) is 6.87. The molecule has 0 spiro atoms. The smallest absolute Gasteiger partial charge is 0.229 e. The van der Waals surface area contributed by atoms with Crippen LogP contribution in [0, 0.1) is 6.92 Å². The third-order valence-corrected chi connectivity index (χ3v) is 3.95. The number of amides is 1. The van der Waals surface area contributed by atoms with Crippen LogP contribution in [0.4, 0.5) is 11.4 Å². The van der Waals surface area contributed by atoms with Crippen molar-refractivity contribution in [1.29, 1.82) is 0 Å². The number of anilines is 2. The molecule has 23 heavy (non-hydrogen) atoms. The SMILES string of the molecule is Cc1ccc(NS(C)(=O)=O)c(NC(=O)C[C@@H](C)n2cccc2)c1. The Morgan fingerprint density at radius 1 is 1.22 bits per heavy atom. The van der Waals surface area contributed by atoms with Crippen molar-refractivity contribution in [1.82, 2.24) is 4.57 Å². The minimum Gasteiger partial charge on any atom is -0.351 e. The van der Waals surface area contributed by atoms with Crippen molar-refractivity contribution >= 4 is 27.3 Å². The summed E-state index contributed by atoms with van der Waals surface area (Å²) >= 11 is 0. The van der Waals surface area contributed by atoms with E-state index >= 15 is 0 Å². The lowest BCUT2D eigenvalue weighted by Crippen LogP contribution is -2.19. The van der Waals surface area contributed by atoms with Gasteiger partial charge >= 0.3 is 0 Å². The normalized spacial score (nSPS) is 12.7. The maximum absolute atomic E-state index is 12.2. The molecule has 0 fully saturated rings. The lowest BCUT2D eigenvalue weighted by atomic mass is 10.1. The predicted octanol–water partition coefficient (Wildman–Crippen LogP) is 2.76. The van der Waals surface area contributed by atoms with Crippen molar-refractivity contribution < 1.29 is 13.2 Å². The van der Waals surface area contributed by atoms with Crippen molar-refractivity contribution in [2.24, 2.45) is 0 Å². The van der Waals surface area contributed by atoms with Crippen LogP contribution in [0.3, 0.4) is 0 Å². The quantitative estimate of drug-likeness (QED) is 0.852. The van der Waals surface area contributed by atoms with Gasteiger partial charge in [0.2, 0.25) is 15.9 Å². The predicted molar refractivity (Wildman–Crippen MR) is 92.0 cm³/mol. The van der Waals surface area contributed by atoms with Crippen LogP contribution in [0.5, 0.6) is 0 Å². The van der Waals surface area contributed by atoms with Crippen LogP contribution in [0.25, 0.3) is 0 Å². The van der Waals surface area contributed by atoms with Gasteiger partial charge in [0.05, 0.1) is 17.6 Å². The maximum Gasteiger partial charge on any atom is 0.229 e. The summed E-state index contributed by atoms with van der Waals surface area (Å²) < 4.78 is 27.2. The molecular weight excluding hydrogens is 314 g/mol. The van der Waals surface area contributed by atoms with Crippen LogP contribution < -0.4 is 10.0 Å². The summed E-state index contributed by atoms with van der Waals surface area (Å²) in [6.45, 7) is 3.83. The molecular formula is C16H21N3O3S. The molecule has 2 N–H and O–H groups in total. The molecule has 0 radical (unpaired) electrons. The van der Waals surface area contributed by atoms with E-state index in [1.165, 1.54) is 0 Å². The van der Waals surface area contributed by atoms with Crippen molar-refractivity contribution in [3.05, 3.63) is 48.3 Å². The van der Waals surface area contributed by atoms with Gasteiger partial charge in [0.25, 0.3) is 0 Å². The lowest BCUT2D eigenvalue weighted by Gasteiger charge is -2.16. The van der Waals surface area contributed by atoms with E-state index in [4.69, 9.17) is 0 Å². The molecule has 1 amide bonds. The van der Waals surface area contributed by atoms with Gasteiger partial charge in [-0.15, -0.1) is 0 Å². The number of carbonyl (C=O) groups is 1. The van der Waals surface area contributed by atoms with Crippen LogP contribution in [0.15, 0.2) is 42.7 Å². The summed E-state index contributed by atoms with van der Waals surface area (Å²) in [7, 11) is -3.41. The van der Waals surface area contributed by atoms with Crippen LogP contribution in [-0.4, -0.2) is 25.1 Å². The molecule has 1 aromatic heterocycles. The first-order valence-corrected chi connectivity index (χ1v) is 9.14. The number of hydrogen-bond donors (Lipinski definition) is 2. The summed E-state index contributed by atoms with van der Waals surface area (Å²) in [6.07, 6.45) is 5.18. The number of nitrogens with zero attached hydrogens (tertiary/aromatic N) is 1. The molecule has 0 saturated heterocycles. The molecule has 0 bridgehead atoms. The zero-order chi connectivity index (χ0) is 17.0. The second-order valence-electron chi connectivity index (χ2n) is 5.65. The second-order valence-corrected chi connectivity index (χ2v) is 7.40. The number of aromatic nitrogens is 1. The fraction of sp³-hybridized carbons (Fsp3) is 0.312. The number of aryl methyl sites for hydroxylation is 1. The molecule has 0 aliphatic rings. The number of carbonyl (C=O) groups excluding carboxylic acids is 1. The highest BCUT2D eigenvalue weighted by atomic mass is 32.2. The molecule has 1 aromatic carbocycles. The summed E-state index contributed by atoms with van der Waals surface area (Å²) in [5.41, 5.74) is 1.75. The minimum absolute atomic E-state index is 0.0149. The van der Waals surface area contributed by atoms with Gasteiger partial charge in [-0.3, -0.25) is 9.52 Å². The van der Waals surface area contributed by atoms with Gasteiger partial charge in [-0.05, 0) is 43.7 Å². The van der Waals surface area contributed by atoms with E-state index in [0.29, 0.717) is 17.8 Å². The highest BCUT2D eigenvalue weighted by molar-refractivity contribution is 7.92. The highest BCUT2D eigenvalue weighted by Gasteiger charge is 2.13. The lowest BCUT2D eigenvalue weighted by molar-refractivity contribution is -0.116. The fourth-order valence-electron chi connectivity index (χ4n) is 2.27. The molecule has 1 atom stereocenters. The van der Waals surface area contributed by atoms with Crippen molar-refractivity contribution in [2.75, 3.05) is 16.3 Å². The molecule has 0 aliphatic heterocycles. The van der Waals surface area contributed by atoms with Gasteiger partial charge in [-0.2, -0.15) is 0 Å². The largest absolute Gasteiger partial charge is 0.351 e. The van der Waals surface area contributed by atoms with Crippen LogP contribution in [-0.2, 0) is 14.8 Å². The van der Waals surface area contributed by atoms with Gasteiger partial charge in [0, 0.05) is 24.9 Å². The van der Waals surface area contributed by atoms with Crippen LogP contribution in [0.1, 0.15) is 24.9 Å². The third kappa shape index (κ3) is 5.14. The average Bonchev–Trinajstić information content (AvgIpc) is 2.94. The van der Waals surface area contributed by atoms with E-state index in [9.17, 15) is 13.2 Å². The number of rotatable bonds is 6. The zero-order valence-electron chi connectivity index (χ0n) is 13.4. The Bertz CT molecular complexity index is 783. The molecule has 6 nitrogen and oxygen atoms in total. The molecule has 1 heterocycles. The van der Waals surface area contributed by atoms with Gasteiger partial charge in [0.1, 0.15) is 0 Å². The summed E-state index contributed by atoms with van der Waals surface area (Å²) in [4.78, 5) is 12.2. The number of nitrogens with one attached hydrogen (secondary N) is 2. The molecule has 2 rings (SSSR count). The topological polar surface area (TPSA) is 80.2 Å². The molecule has 0 saturated carbocycles. The van der Waals surface area contributed by atoms with E-state index < -0.39 is 10.0 Å². The van der Waals surface area contributed by atoms with Gasteiger partial charge < -0.3 is 9.88 Å². The first kappa shape index (κ1) is 17.1. The monoisotopic (exact) mass is 335 g/mol. The molecule has 0 aliphatic carbocycles. The molecule has 0 unspecified atom stereocenters. The Hall–Kier alpha value is -2.28. The zero-order valence-corrected chi connectivity index (χ0v) is 14.2. The standard InChI is InChI=1S/C16H21N3O3S/c1-12-6-7-14(18-23(3,21)22)15(10-12)17-16(20)11-13(2)19-8-4-5-9-19/h4-10,13,18H,11H2,1-3H3,(H,17,20)/t13-/m1/s1. The maximum atomic E-state index is 12.2. The van der Waals surface area contributed by atoms with Crippen molar-refractivity contribution in [3.63, 3.8) is 0 Å². The van der Waals surface area contributed by atoms with Gasteiger partial charge in [-0.1, -0.05) is 6.07 Å². The third-order valence-electron chi connectivity index (χ3n) is 3.36. The molecule has 124 valence electrons. The van der Waals surface area contributed by atoms with E-state index in [2.05, 4.69) is 10.0 Å². The Balaban J connectivity index is 2.12. The van der Waals surface area contributed by atoms with Crippen LogP contribution in [0.2, 0.25) is 0 Å². The number of benzene rings is 1. The van der Waals surface area contributed by atoms with Crippen molar-refractivity contribution in [3.8, 4) is 0 Å². The fourth-order valence-corrected chi connectivity index (χ4v) is 2.84. The Kier molecular flexibility index (Phi) is 5.10. The summed E-state index contributed by atoms with van der Waals surface area (Å²) in [5, 5.41) is 2.79. The van der Waals surface area contributed by atoms with E-state index in [-0.39, 0.29) is 11.9 Å². The highest BCUT2D eigenvalue weighted by Crippen LogP contribution is 2.25. The van der Waals surface area contributed by atoms with Gasteiger partial charge in [-0.25, -0.2) is 8.42 Å².